The highest BCUT2D eigenvalue weighted by molar-refractivity contribution is 6.16. The molecule has 0 aliphatic heterocycles. The Morgan fingerprint density at radius 2 is 2.12 bits per heavy atom. The lowest BCUT2D eigenvalue weighted by atomic mass is 10.2. The average molecular weight is 235 g/mol. The fraction of sp³-hybridized carbons (Fsp3) is 0.0909. The van der Waals surface area contributed by atoms with Gasteiger partial charge in [0.1, 0.15) is 11.8 Å². The van der Waals surface area contributed by atoms with Gasteiger partial charge in [0.15, 0.2) is 5.82 Å². The van der Waals surface area contributed by atoms with Crippen molar-refractivity contribution in [1.82, 2.24) is 10.1 Å². The third-order valence-electron chi connectivity index (χ3n) is 2.30. The van der Waals surface area contributed by atoms with E-state index in [0.29, 0.717) is 11.7 Å². The van der Waals surface area contributed by atoms with E-state index in [1.54, 1.807) is 6.26 Å². The number of nitrogens with zero attached hydrogens (tertiary/aromatic N) is 2. The highest BCUT2D eigenvalue weighted by Crippen LogP contribution is 2.29. The molecule has 0 radical (unpaired) electrons. The maximum Gasteiger partial charge on any atom is 0.261 e. The number of alkyl halides is 1. The third kappa shape index (κ3) is 1.39. The SMILES string of the molecule is ClCc1noc(-c2coc3ccccc23)n1. The Hall–Kier alpha value is -1.81. The molecule has 1 aromatic carbocycles. The summed E-state index contributed by atoms with van der Waals surface area (Å²) in [4.78, 5) is 4.15. The van der Waals surface area contributed by atoms with Gasteiger partial charge in [-0.25, -0.2) is 0 Å². The Bertz CT molecular complexity index is 629. The summed E-state index contributed by atoms with van der Waals surface area (Å²) in [6.07, 6.45) is 1.61. The molecule has 2 aromatic heterocycles. The monoisotopic (exact) mass is 234 g/mol. The van der Waals surface area contributed by atoms with Crippen molar-refractivity contribution in [3.05, 3.63) is 36.4 Å². The number of para-hydroxylation sites is 1. The van der Waals surface area contributed by atoms with Crippen LogP contribution in [0.15, 0.2) is 39.5 Å². The molecule has 0 unspecified atom stereocenters. The van der Waals surface area contributed by atoms with Crippen molar-refractivity contribution >= 4 is 22.6 Å². The smallest absolute Gasteiger partial charge is 0.261 e. The van der Waals surface area contributed by atoms with Crippen molar-refractivity contribution in [3.8, 4) is 11.5 Å². The average Bonchev–Trinajstić information content (AvgIpc) is 2.94. The Balaban J connectivity index is 2.18. The maximum absolute atomic E-state index is 5.61. The number of furan rings is 1. The first-order valence-corrected chi connectivity index (χ1v) is 5.27. The van der Waals surface area contributed by atoms with Crippen LogP contribution in [0.4, 0.5) is 0 Å². The number of fused-ring (bicyclic) bond motifs is 1. The molecule has 0 spiro atoms. The number of rotatable bonds is 2. The summed E-state index contributed by atoms with van der Waals surface area (Å²) in [5.74, 6) is 1.14. The molecule has 4 nitrogen and oxygen atoms in total. The summed E-state index contributed by atoms with van der Waals surface area (Å²) in [7, 11) is 0. The van der Waals surface area contributed by atoms with E-state index < -0.39 is 0 Å². The minimum atomic E-state index is 0.235. The summed E-state index contributed by atoms with van der Waals surface area (Å²) in [5, 5.41) is 4.69. The molecular weight excluding hydrogens is 228 g/mol. The van der Waals surface area contributed by atoms with Gasteiger partial charge in [0.2, 0.25) is 0 Å². The van der Waals surface area contributed by atoms with E-state index in [1.165, 1.54) is 0 Å². The predicted octanol–water partition coefficient (Wildman–Crippen LogP) is 3.22. The molecule has 3 rings (SSSR count). The van der Waals surface area contributed by atoms with E-state index in [4.69, 9.17) is 20.5 Å². The van der Waals surface area contributed by atoms with Crippen molar-refractivity contribution in [1.29, 1.82) is 0 Å². The molecule has 2 heterocycles. The minimum absolute atomic E-state index is 0.235. The number of hydrogen-bond acceptors (Lipinski definition) is 4. The molecule has 0 saturated heterocycles. The first-order valence-electron chi connectivity index (χ1n) is 4.73. The van der Waals surface area contributed by atoms with Crippen LogP contribution < -0.4 is 0 Å². The predicted molar refractivity (Wildman–Crippen MR) is 59.1 cm³/mol. The van der Waals surface area contributed by atoms with Crippen LogP contribution in [0.5, 0.6) is 0 Å². The summed E-state index contributed by atoms with van der Waals surface area (Å²) < 4.78 is 10.5. The van der Waals surface area contributed by atoms with E-state index in [0.717, 1.165) is 16.5 Å². The van der Waals surface area contributed by atoms with Crippen molar-refractivity contribution in [2.45, 2.75) is 5.88 Å². The van der Waals surface area contributed by atoms with Crippen LogP contribution in [0.3, 0.4) is 0 Å². The normalized spacial score (nSPS) is 11.1. The Morgan fingerprint density at radius 1 is 1.25 bits per heavy atom. The molecule has 0 N–H and O–H groups in total. The van der Waals surface area contributed by atoms with E-state index in [9.17, 15) is 0 Å². The van der Waals surface area contributed by atoms with Crippen LogP contribution in [0.2, 0.25) is 0 Å². The Labute approximate surface area is 95.8 Å². The van der Waals surface area contributed by atoms with Crippen molar-refractivity contribution in [3.63, 3.8) is 0 Å². The highest BCUT2D eigenvalue weighted by Gasteiger charge is 2.13. The molecule has 5 heteroatoms. The fourth-order valence-corrected chi connectivity index (χ4v) is 1.67. The molecule has 0 saturated carbocycles. The van der Waals surface area contributed by atoms with Crippen LogP contribution in [-0.4, -0.2) is 10.1 Å². The van der Waals surface area contributed by atoms with Crippen molar-refractivity contribution in [2.75, 3.05) is 0 Å². The van der Waals surface area contributed by atoms with Crippen molar-refractivity contribution < 1.29 is 8.94 Å². The van der Waals surface area contributed by atoms with E-state index in [1.807, 2.05) is 24.3 Å². The summed E-state index contributed by atoms with van der Waals surface area (Å²) in [6.45, 7) is 0. The molecule has 80 valence electrons. The van der Waals surface area contributed by atoms with Crippen molar-refractivity contribution in [2.24, 2.45) is 0 Å². The molecular formula is C11H7ClN2O2. The van der Waals surface area contributed by atoms with Crippen LogP contribution in [-0.2, 0) is 5.88 Å². The van der Waals surface area contributed by atoms with Gasteiger partial charge in [-0.3, -0.25) is 0 Å². The van der Waals surface area contributed by atoms with Gasteiger partial charge in [0, 0.05) is 5.39 Å². The standard InChI is InChI=1S/C11H7ClN2O2/c12-5-10-13-11(16-14-10)8-6-15-9-4-2-1-3-7(8)9/h1-4,6H,5H2. The van der Waals surface area contributed by atoms with E-state index >= 15 is 0 Å². The van der Waals surface area contributed by atoms with Crippen LogP contribution >= 0.6 is 11.6 Å². The second-order valence-electron chi connectivity index (χ2n) is 3.29. The van der Waals surface area contributed by atoms with Gasteiger partial charge in [-0.05, 0) is 6.07 Å². The van der Waals surface area contributed by atoms with Crippen LogP contribution in [0, 0.1) is 0 Å². The van der Waals surface area contributed by atoms with Gasteiger partial charge in [0.05, 0.1) is 11.4 Å². The number of hydrogen-bond donors (Lipinski definition) is 0. The lowest BCUT2D eigenvalue weighted by Gasteiger charge is -1.88. The largest absolute Gasteiger partial charge is 0.463 e. The Kier molecular flexibility index (Phi) is 2.15. The number of benzene rings is 1. The first-order chi connectivity index (χ1) is 7.88. The molecule has 0 amide bonds. The second-order valence-corrected chi connectivity index (χ2v) is 3.56. The maximum atomic E-state index is 5.61. The molecule has 0 aliphatic rings. The first kappa shape index (κ1) is 9.42. The summed E-state index contributed by atoms with van der Waals surface area (Å²) >= 11 is 5.61. The summed E-state index contributed by atoms with van der Waals surface area (Å²) in [6, 6.07) is 7.67. The van der Waals surface area contributed by atoms with Crippen LogP contribution in [0.1, 0.15) is 5.82 Å². The zero-order valence-corrected chi connectivity index (χ0v) is 8.94. The Morgan fingerprint density at radius 3 is 2.94 bits per heavy atom. The molecule has 0 aliphatic carbocycles. The zero-order chi connectivity index (χ0) is 11.0. The topological polar surface area (TPSA) is 52.1 Å². The zero-order valence-electron chi connectivity index (χ0n) is 8.18. The lowest BCUT2D eigenvalue weighted by Crippen LogP contribution is -1.79. The number of halogens is 1. The van der Waals surface area contributed by atoms with E-state index in [2.05, 4.69) is 10.1 Å². The third-order valence-corrected chi connectivity index (χ3v) is 2.54. The molecule has 16 heavy (non-hydrogen) atoms. The fourth-order valence-electron chi connectivity index (χ4n) is 1.56. The van der Waals surface area contributed by atoms with Gasteiger partial charge in [-0.15, -0.1) is 11.6 Å². The number of aromatic nitrogens is 2. The summed E-state index contributed by atoms with van der Waals surface area (Å²) in [5.41, 5.74) is 1.59. The quantitative estimate of drug-likeness (QED) is 0.639. The highest BCUT2D eigenvalue weighted by atomic mass is 35.5. The van der Waals surface area contributed by atoms with Gasteiger partial charge >= 0.3 is 0 Å². The minimum Gasteiger partial charge on any atom is -0.463 e. The second kappa shape index (κ2) is 3.64. The lowest BCUT2D eigenvalue weighted by molar-refractivity contribution is 0.424. The van der Waals surface area contributed by atoms with Gasteiger partial charge in [0.25, 0.3) is 5.89 Å². The molecule has 0 bridgehead atoms. The molecule has 3 aromatic rings. The molecule has 0 atom stereocenters. The van der Waals surface area contributed by atoms with Gasteiger partial charge in [-0.2, -0.15) is 4.98 Å². The van der Waals surface area contributed by atoms with Gasteiger partial charge < -0.3 is 8.94 Å². The molecule has 0 fully saturated rings. The van der Waals surface area contributed by atoms with Gasteiger partial charge in [-0.1, -0.05) is 23.4 Å². The van der Waals surface area contributed by atoms with Crippen LogP contribution in [0.25, 0.3) is 22.4 Å². The van der Waals surface area contributed by atoms with E-state index in [-0.39, 0.29) is 5.88 Å².